The summed E-state index contributed by atoms with van der Waals surface area (Å²) < 4.78 is 1.04. The summed E-state index contributed by atoms with van der Waals surface area (Å²) >= 11 is 9.00. The number of nitrogens with one attached hydrogen (secondary N) is 1. The minimum atomic E-state index is 0.386. The Kier molecular flexibility index (Phi) is 3.18. The molecule has 2 rings (SSSR count). The van der Waals surface area contributed by atoms with Crippen LogP contribution in [0.25, 0.3) is 0 Å². The summed E-state index contributed by atoms with van der Waals surface area (Å²) in [5.74, 6) is 0.668. The fourth-order valence-corrected chi connectivity index (χ4v) is 1.42. The molecular weight excluding hydrogens is 277 g/mol. The molecule has 3 nitrogen and oxygen atoms in total. The third-order valence-corrected chi connectivity index (χ3v) is 2.46. The van der Waals surface area contributed by atoms with Gasteiger partial charge in [-0.05, 0) is 24.3 Å². The van der Waals surface area contributed by atoms with Crippen molar-refractivity contribution < 1.29 is 0 Å². The Bertz CT molecular complexity index is 398. The molecule has 0 aliphatic rings. The molecule has 0 saturated carbocycles. The number of nitrogens with zero attached hydrogens (tertiary/aromatic N) is 2. The highest BCUT2D eigenvalue weighted by molar-refractivity contribution is 9.10. The van der Waals surface area contributed by atoms with Crippen molar-refractivity contribution >= 4 is 39.0 Å². The van der Waals surface area contributed by atoms with Gasteiger partial charge in [0, 0.05) is 10.2 Å². The van der Waals surface area contributed by atoms with E-state index in [-0.39, 0.29) is 0 Å². The zero-order valence-corrected chi connectivity index (χ0v) is 9.96. The molecule has 0 aliphatic carbocycles. The van der Waals surface area contributed by atoms with Crippen LogP contribution < -0.4 is 5.32 Å². The summed E-state index contributed by atoms with van der Waals surface area (Å²) in [5, 5.41) is 3.49. The van der Waals surface area contributed by atoms with Crippen LogP contribution in [-0.4, -0.2) is 9.97 Å². The minimum absolute atomic E-state index is 0.386. The standard InChI is InChI=1S/C10H7BrClN3/c11-7-1-3-8(4-2-7)15-10-6-13-9(12)5-14-10/h1-6H,(H,14,15). The maximum absolute atomic E-state index is 5.63. The van der Waals surface area contributed by atoms with E-state index in [0.717, 1.165) is 10.2 Å². The Morgan fingerprint density at radius 2 is 1.80 bits per heavy atom. The lowest BCUT2D eigenvalue weighted by molar-refractivity contribution is 1.20. The van der Waals surface area contributed by atoms with Gasteiger partial charge in [0.2, 0.25) is 0 Å². The van der Waals surface area contributed by atoms with Gasteiger partial charge in [-0.25, -0.2) is 9.97 Å². The van der Waals surface area contributed by atoms with Crippen LogP contribution in [0.1, 0.15) is 0 Å². The van der Waals surface area contributed by atoms with Gasteiger partial charge in [-0.15, -0.1) is 0 Å². The monoisotopic (exact) mass is 283 g/mol. The zero-order chi connectivity index (χ0) is 10.7. The average molecular weight is 285 g/mol. The molecule has 15 heavy (non-hydrogen) atoms. The zero-order valence-electron chi connectivity index (χ0n) is 7.61. The molecule has 0 amide bonds. The lowest BCUT2D eigenvalue weighted by Gasteiger charge is -2.04. The van der Waals surface area contributed by atoms with Crippen LogP contribution in [-0.2, 0) is 0 Å². The molecule has 1 aromatic heterocycles. The van der Waals surface area contributed by atoms with Crippen LogP contribution in [0.5, 0.6) is 0 Å². The van der Waals surface area contributed by atoms with Crippen molar-refractivity contribution in [1.29, 1.82) is 0 Å². The van der Waals surface area contributed by atoms with Crippen molar-refractivity contribution in [2.75, 3.05) is 5.32 Å². The molecule has 1 aromatic carbocycles. The number of halogens is 2. The normalized spacial score (nSPS) is 10.0. The lowest BCUT2D eigenvalue weighted by Crippen LogP contribution is -1.93. The predicted octanol–water partition coefficient (Wildman–Crippen LogP) is 3.64. The summed E-state index contributed by atoms with van der Waals surface area (Å²) in [6, 6.07) is 7.79. The number of benzene rings is 1. The highest BCUT2D eigenvalue weighted by Crippen LogP contribution is 2.17. The van der Waals surface area contributed by atoms with E-state index in [1.54, 1.807) is 6.20 Å². The van der Waals surface area contributed by atoms with Crippen molar-refractivity contribution in [3.05, 3.63) is 46.3 Å². The van der Waals surface area contributed by atoms with E-state index in [2.05, 4.69) is 31.2 Å². The van der Waals surface area contributed by atoms with E-state index in [0.29, 0.717) is 11.0 Å². The van der Waals surface area contributed by atoms with Crippen molar-refractivity contribution in [2.45, 2.75) is 0 Å². The Morgan fingerprint density at radius 1 is 1.07 bits per heavy atom. The van der Waals surface area contributed by atoms with Gasteiger partial charge in [0.15, 0.2) is 0 Å². The van der Waals surface area contributed by atoms with Crippen LogP contribution in [0.15, 0.2) is 41.1 Å². The summed E-state index contributed by atoms with van der Waals surface area (Å²) in [5.41, 5.74) is 0.954. The smallest absolute Gasteiger partial charge is 0.148 e. The molecule has 5 heteroatoms. The second-order valence-corrected chi connectivity index (χ2v) is 4.16. The topological polar surface area (TPSA) is 37.8 Å². The van der Waals surface area contributed by atoms with E-state index >= 15 is 0 Å². The first-order valence-corrected chi connectivity index (χ1v) is 5.41. The molecule has 0 aliphatic heterocycles. The van der Waals surface area contributed by atoms with Gasteiger partial charge in [-0.2, -0.15) is 0 Å². The summed E-state index contributed by atoms with van der Waals surface area (Å²) in [7, 11) is 0. The molecule has 0 spiro atoms. The summed E-state index contributed by atoms with van der Waals surface area (Å²) in [6.45, 7) is 0. The van der Waals surface area contributed by atoms with Gasteiger partial charge >= 0.3 is 0 Å². The van der Waals surface area contributed by atoms with Crippen LogP contribution in [0.3, 0.4) is 0 Å². The largest absolute Gasteiger partial charge is 0.339 e. The van der Waals surface area contributed by atoms with Gasteiger partial charge in [-0.1, -0.05) is 27.5 Å². The minimum Gasteiger partial charge on any atom is -0.339 e. The number of hydrogen-bond acceptors (Lipinski definition) is 3. The van der Waals surface area contributed by atoms with Crippen LogP contribution in [0.2, 0.25) is 5.15 Å². The molecule has 0 fully saturated rings. The Morgan fingerprint density at radius 3 is 2.40 bits per heavy atom. The van der Waals surface area contributed by atoms with Gasteiger partial charge in [-0.3, -0.25) is 0 Å². The molecule has 0 atom stereocenters. The fraction of sp³-hybridized carbons (Fsp3) is 0. The molecule has 0 unspecified atom stereocenters. The number of anilines is 2. The van der Waals surface area contributed by atoms with E-state index < -0.39 is 0 Å². The molecule has 2 aromatic rings. The SMILES string of the molecule is Clc1cnc(Nc2ccc(Br)cc2)cn1. The maximum Gasteiger partial charge on any atom is 0.148 e. The number of rotatable bonds is 2. The van der Waals surface area contributed by atoms with Gasteiger partial charge in [0.1, 0.15) is 11.0 Å². The average Bonchev–Trinajstić information content (AvgIpc) is 2.25. The van der Waals surface area contributed by atoms with Gasteiger partial charge in [0.05, 0.1) is 12.4 Å². The molecule has 1 N–H and O–H groups in total. The summed E-state index contributed by atoms with van der Waals surface area (Å²) in [4.78, 5) is 8.00. The number of aromatic nitrogens is 2. The molecule has 0 radical (unpaired) electrons. The predicted molar refractivity (Wildman–Crippen MR) is 64.5 cm³/mol. The first-order valence-electron chi connectivity index (χ1n) is 4.24. The quantitative estimate of drug-likeness (QED) is 0.915. The molecule has 1 heterocycles. The molecule has 76 valence electrons. The van der Waals surface area contributed by atoms with Crippen molar-refractivity contribution in [3.63, 3.8) is 0 Å². The van der Waals surface area contributed by atoms with Crippen molar-refractivity contribution in [1.82, 2.24) is 9.97 Å². The molecule has 0 bridgehead atoms. The van der Waals surface area contributed by atoms with E-state index in [4.69, 9.17) is 11.6 Å². The lowest BCUT2D eigenvalue weighted by atomic mass is 10.3. The molecule has 0 saturated heterocycles. The van der Waals surface area contributed by atoms with Gasteiger partial charge in [0.25, 0.3) is 0 Å². The van der Waals surface area contributed by atoms with E-state index in [9.17, 15) is 0 Å². The second kappa shape index (κ2) is 4.59. The Hall–Kier alpha value is -1.13. The van der Waals surface area contributed by atoms with Crippen molar-refractivity contribution in [2.24, 2.45) is 0 Å². The number of hydrogen-bond donors (Lipinski definition) is 1. The summed E-state index contributed by atoms with van der Waals surface area (Å²) in [6.07, 6.45) is 3.09. The van der Waals surface area contributed by atoms with E-state index in [1.807, 2.05) is 24.3 Å². The van der Waals surface area contributed by atoms with Crippen LogP contribution >= 0.6 is 27.5 Å². The fourth-order valence-electron chi connectivity index (χ4n) is 1.06. The van der Waals surface area contributed by atoms with Gasteiger partial charge < -0.3 is 5.32 Å². The first kappa shape index (κ1) is 10.4. The second-order valence-electron chi connectivity index (χ2n) is 2.86. The van der Waals surface area contributed by atoms with Crippen molar-refractivity contribution in [3.8, 4) is 0 Å². The van der Waals surface area contributed by atoms with Crippen LogP contribution in [0, 0.1) is 0 Å². The third-order valence-electron chi connectivity index (χ3n) is 1.74. The molecular formula is C10H7BrClN3. The maximum atomic E-state index is 5.63. The highest BCUT2D eigenvalue weighted by atomic mass is 79.9. The Labute approximate surface area is 101 Å². The third kappa shape index (κ3) is 2.91. The van der Waals surface area contributed by atoms with E-state index in [1.165, 1.54) is 6.20 Å². The first-order chi connectivity index (χ1) is 7.24. The Balaban J connectivity index is 2.15. The van der Waals surface area contributed by atoms with Crippen LogP contribution in [0.4, 0.5) is 11.5 Å². The highest BCUT2D eigenvalue weighted by Gasteiger charge is 1.96.